The van der Waals surface area contributed by atoms with Crippen LogP contribution in [0, 0.1) is 11.3 Å². The monoisotopic (exact) mass is 233 g/mol. The summed E-state index contributed by atoms with van der Waals surface area (Å²) in [5.74, 6) is 0.264. The van der Waals surface area contributed by atoms with Crippen molar-refractivity contribution in [1.29, 1.82) is 5.26 Å². The summed E-state index contributed by atoms with van der Waals surface area (Å²) in [6.45, 7) is 2.00. The van der Waals surface area contributed by atoms with Gasteiger partial charge in [-0.1, -0.05) is 19.4 Å². The molecule has 0 unspecified atom stereocenters. The van der Waals surface area contributed by atoms with Crippen molar-refractivity contribution in [2.24, 2.45) is 0 Å². The van der Waals surface area contributed by atoms with Crippen LogP contribution in [0.5, 0.6) is 11.5 Å². The van der Waals surface area contributed by atoms with Gasteiger partial charge in [0.05, 0.1) is 12.7 Å². The molecule has 0 radical (unpaired) electrons. The lowest BCUT2D eigenvalue weighted by Crippen LogP contribution is -2.09. The zero-order valence-corrected chi connectivity index (χ0v) is 10.0. The molecule has 0 aromatic heterocycles. The minimum atomic E-state index is -0.340. The van der Waals surface area contributed by atoms with Crippen LogP contribution in [0.4, 0.5) is 0 Å². The molecule has 4 heteroatoms. The zero-order valence-electron chi connectivity index (χ0n) is 10.0. The van der Waals surface area contributed by atoms with E-state index in [9.17, 15) is 4.79 Å². The fraction of sp³-hybridized carbons (Fsp3) is 0.385. The van der Waals surface area contributed by atoms with E-state index in [1.54, 1.807) is 18.2 Å². The molecule has 90 valence electrons. The molecule has 17 heavy (non-hydrogen) atoms. The Morgan fingerprint density at radius 1 is 1.47 bits per heavy atom. The molecular formula is C13H15NO3. The van der Waals surface area contributed by atoms with Gasteiger partial charge in [0.25, 0.3) is 0 Å². The van der Waals surface area contributed by atoms with Gasteiger partial charge in [0.15, 0.2) is 11.5 Å². The molecule has 0 amide bonds. The van der Waals surface area contributed by atoms with E-state index in [1.165, 1.54) is 7.11 Å². The van der Waals surface area contributed by atoms with Crippen LogP contribution in [0.3, 0.4) is 0 Å². The summed E-state index contributed by atoms with van der Waals surface area (Å²) in [4.78, 5) is 11.5. The van der Waals surface area contributed by atoms with E-state index in [4.69, 9.17) is 14.7 Å². The zero-order chi connectivity index (χ0) is 12.7. The number of ether oxygens (including phenoxy) is 2. The van der Waals surface area contributed by atoms with Crippen LogP contribution in [0.1, 0.15) is 31.7 Å². The van der Waals surface area contributed by atoms with Crippen molar-refractivity contribution >= 4 is 5.97 Å². The summed E-state index contributed by atoms with van der Waals surface area (Å²) in [5.41, 5.74) is 0.300. The number of hydrogen-bond acceptors (Lipinski definition) is 4. The molecule has 0 saturated carbocycles. The molecule has 0 aliphatic rings. The molecule has 1 aromatic carbocycles. The number of para-hydroxylation sites is 1. The van der Waals surface area contributed by atoms with Gasteiger partial charge in [-0.15, -0.1) is 0 Å². The smallest absolute Gasteiger partial charge is 0.311 e. The van der Waals surface area contributed by atoms with Crippen LogP contribution in [-0.4, -0.2) is 13.1 Å². The third kappa shape index (κ3) is 3.49. The Hall–Kier alpha value is -2.02. The molecule has 0 heterocycles. The molecule has 4 nitrogen and oxygen atoms in total. The van der Waals surface area contributed by atoms with Gasteiger partial charge < -0.3 is 9.47 Å². The minimum Gasteiger partial charge on any atom is -0.493 e. The topological polar surface area (TPSA) is 59.3 Å². The number of hydrogen-bond donors (Lipinski definition) is 0. The maximum atomic E-state index is 11.5. The minimum absolute atomic E-state index is 0.207. The maximum absolute atomic E-state index is 11.5. The molecule has 0 fully saturated rings. The molecule has 1 rings (SSSR count). The van der Waals surface area contributed by atoms with E-state index in [-0.39, 0.29) is 11.7 Å². The fourth-order valence-corrected chi connectivity index (χ4v) is 1.36. The Labute approximate surface area is 101 Å². The van der Waals surface area contributed by atoms with Gasteiger partial charge >= 0.3 is 5.97 Å². The number of nitriles is 1. The molecule has 0 spiro atoms. The van der Waals surface area contributed by atoms with Crippen LogP contribution in [0.25, 0.3) is 0 Å². The number of carbonyl (C=O) groups is 1. The van der Waals surface area contributed by atoms with Crippen LogP contribution in [0.2, 0.25) is 0 Å². The average molecular weight is 233 g/mol. The first-order chi connectivity index (χ1) is 8.22. The molecule has 0 bridgehead atoms. The summed E-state index contributed by atoms with van der Waals surface area (Å²) in [6.07, 6.45) is 2.04. The third-order valence-corrected chi connectivity index (χ3v) is 2.27. The first kappa shape index (κ1) is 13.0. The lowest BCUT2D eigenvalue weighted by molar-refractivity contribution is -0.134. The van der Waals surface area contributed by atoms with Gasteiger partial charge in [-0.25, -0.2) is 0 Å². The third-order valence-electron chi connectivity index (χ3n) is 2.27. The lowest BCUT2D eigenvalue weighted by atomic mass is 10.2. The van der Waals surface area contributed by atoms with Crippen molar-refractivity contribution in [3.8, 4) is 17.6 Å². The predicted molar refractivity (Wildman–Crippen MR) is 62.9 cm³/mol. The summed E-state index contributed by atoms with van der Waals surface area (Å²) >= 11 is 0. The standard InChI is InChI=1S/C13H15NO3/c1-3-4-8-12(15)17-13-10(9-14)6-5-7-11(13)16-2/h5-7H,3-4,8H2,1-2H3. The Morgan fingerprint density at radius 2 is 2.24 bits per heavy atom. The molecule has 0 aliphatic heterocycles. The van der Waals surface area contributed by atoms with Crippen LogP contribution < -0.4 is 9.47 Å². The number of methoxy groups -OCH3 is 1. The Kier molecular flexibility index (Phi) is 5.02. The largest absolute Gasteiger partial charge is 0.493 e. The summed E-state index contributed by atoms with van der Waals surface area (Å²) in [5, 5.41) is 8.93. The quantitative estimate of drug-likeness (QED) is 0.579. The molecule has 0 aliphatic carbocycles. The predicted octanol–water partition coefficient (Wildman–Crippen LogP) is 2.66. The average Bonchev–Trinajstić information content (AvgIpc) is 2.36. The number of nitrogens with zero attached hydrogens (tertiary/aromatic N) is 1. The highest BCUT2D eigenvalue weighted by atomic mass is 16.6. The Balaban J connectivity index is 2.88. The second-order valence-corrected chi connectivity index (χ2v) is 3.53. The SMILES string of the molecule is CCCCC(=O)Oc1c(C#N)cccc1OC. The number of benzene rings is 1. The van der Waals surface area contributed by atoms with Crippen molar-refractivity contribution < 1.29 is 14.3 Å². The van der Waals surface area contributed by atoms with Crippen molar-refractivity contribution in [2.45, 2.75) is 26.2 Å². The number of carbonyl (C=O) groups excluding carboxylic acids is 1. The van der Waals surface area contributed by atoms with E-state index >= 15 is 0 Å². The second-order valence-electron chi connectivity index (χ2n) is 3.53. The molecular weight excluding hydrogens is 218 g/mol. The number of rotatable bonds is 5. The van der Waals surface area contributed by atoms with E-state index in [1.807, 2.05) is 13.0 Å². The van der Waals surface area contributed by atoms with E-state index in [0.717, 1.165) is 12.8 Å². The van der Waals surface area contributed by atoms with E-state index in [0.29, 0.717) is 17.7 Å². The highest BCUT2D eigenvalue weighted by Crippen LogP contribution is 2.30. The summed E-state index contributed by atoms with van der Waals surface area (Å²) in [6, 6.07) is 6.90. The van der Waals surface area contributed by atoms with Crippen molar-refractivity contribution in [1.82, 2.24) is 0 Å². The van der Waals surface area contributed by atoms with Crippen molar-refractivity contribution in [3.63, 3.8) is 0 Å². The van der Waals surface area contributed by atoms with Gasteiger partial charge in [0, 0.05) is 6.42 Å². The molecule has 0 N–H and O–H groups in total. The van der Waals surface area contributed by atoms with Gasteiger partial charge in [0.1, 0.15) is 6.07 Å². The van der Waals surface area contributed by atoms with Gasteiger partial charge in [0.2, 0.25) is 0 Å². The maximum Gasteiger partial charge on any atom is 0.311 e. The van der Waals surface area contributed by atoms with Crippen LogP contribution in [-0.2, 0) is 4.79 Å². The Bertz CT molecular complexity index is 435. The normalized spacial score (nSPS) is 9.47. The highest BCUT2D eigenvalue weighted by molar-refractivity contribution is 5.74. The first-order valence-corrected chi connectivity index (χ1v) is 5.50. The molecule has 0 atom stereocenters. The molecule has 0 saturated heterocycles. The Morgan fingerprint density at radius 3 is 2.82 bits per heavy atom. The van der Waals surface area contributed by atoms with Crippen LogP contribution >= 0.6 is 0 Å². The van der Waals surface area contributed by atoms with Crippen molar-refractivity contribution in [3.05, 3.63) is 23.8 Å². The van der Waals surface area contributed by atoms with Gasteiger partial charge in [-0.05, 0) is 18.6 Å². The van der Waals surface area contributed by atoms with Gasteiger partial charge in [-0.2, -0.15) is 5.26 Å². The lowest BCUT2D eigenvalue weighted by Gasteiger charge is -2.10. The number of esters is 1. The van der Waals surface area contributed by atoms with E-state index < -0.39 is 0 Å². The van der Waals surface area contributed by atoms with E-state index in [2.05, 4.69) is 0 Å². The van der Waals surface area contributed by atoms with Crippen LogP contribution in [0.15, 0.2) is 18.2 Å². The molecule has 1 aromatic rings. The fourth-order valence-electron chi connectivity index (χ4n) is 1.36. The number of unbranched alkanes of at least 4 members (excludes halogenated alkanes) is 1. The second kappa shape index (κ2) is 6.54. The van der Waals surface area contributed by atoms with Crippen molar-refractivity contribution in [2.75, 3.05) is 7.11 Å². The first-order valence-electron chi connectivity index (χ1n) is 5.50. The highest BCUT2D eigenvalue weighted by Gasteiger charge is 2.14. The van der Waals surface area contributed by atoms with Gasteiger partial charge in [-0.3, -0.25) is 4.79 Å². The summed E-state index contributed by atoms with van der Waals surface area (Å²) in [7, 11) is 1.47. The summed E-state index contributed by atoms with van der Waals surface area (Å²) < 4.78 is 10.2.